The van der Waals surface area contributed by atoms with Crippen molar-refractivity contribution in [3.8, 4) is 0 Å². The lowest BCUT2D eigenvalue weighted by Gasteiger charge is -2.42. The van der Waals surface area contributed by atoms with E-state index < -0.39 is 42.6 Å². The first kappa shape index (κ1) is 23.3. The lowest BCUT2D eigenvalue weighted by molar-refractivity contribution is -0.261. The minimum absolute atomic E-state index is 0.140. The molecule has 1 aliphatic rings. The highest BCUT2D eigenvalue weighted by molar-refractivity contribution is 5.76. The predicted molar refractivity (Wildman–Crippen MR) is 94.4 cm³/mol. The molecule has 9 heteroatoms. The van der Waals surface area contributed by atoms with Crippen LogP contribution in [-0.4, -0.2) is 65.3 Å². The van der Waals surface area contributed by atoms with Gasteiger partial charge in [-0.15, -0.1) is 0 Å². The Morgan fingerprint density at radius 3 is 2.22 bits per heavy atom. The Balaban J connectivity index is 2.87. The summed E-state index contributed by atoms with van der Waals surface area (Å²) < 4.78 is 15.8. The van der Waals surface area contributed by atoms with Gasteiger partial charge in [0.15, 0.2) is 12.4 Å². The molecule has 0 bridgehead atoms. The second kappa shape index (κ2) is 11.9. The van der Waals surface area contributed by atoms with Crippen molar-refractivity contribution >= 4 is 17.8 Å². The first-order valence-electron chi connectivity index (χ1n) is 9.50. The van der Waals surface area contributed by atoms with E-state index in [9.17, 15) is 24.6 Å². The summed E-state index contributed by atoms with van der Waals surface area (Å²) in [5.41, 5.74) is 0. The molecule has 0 spiro atoms. The maximum absolute atomic E-state index is 11.9. The summed E-state index contributed by atoms with van der Waals surface area (Å²) in [6.07, 6.45) is -2.85. The van der Waals surface area contributed by atoms with Gasteiger partial charge in [0.1, 0.15) is 24.9 Å². The van der Waals surface area contributed by atoms with E-state index in [1.807, 2.05) is 13.8 Å². The number of carbonyl (C=O) groups is 3. The van der Waals surface area contributed by atoms with Gasteiger partial charge in [-0.3, -0.25) is 14.4 Å². The van der Waals surface area contributed by atoms with E-state index in [-0.39, 0.29) is 31.8 Å². The Bertz CT molecular complexity index is 496. The summed E-state index contributed by atoms with van der Waals surface area (Å²) in [6, 6.07) is -1.16. The fourth-order valence-corrected chi connectivity index (χ4v) is 2.72. The summed E-state index contributed by atoms with van der Waals surface area (Å²) in [6.45, 7) is 5.16. The molecule has 0 saturated carbocycles. The Labute approximate surface area is 159 Å². The van der Waals surface area contributed by atoms with Crippen molar-refractivity contribution < 1.29 is 38.8 Å². The zero-order chi connectivity index (χ0) is 20.4. The van der Waals surface area contributed by atoms with Gasteiger partial charge in [-0.2, -0.15) is 0 Å². The number of hydrogen-bond donors (Lipinski definition) is 3. The number of nitrogens with one attached hydrogen (secondary N) is 1. The molecule has 27 heavy (non-hydrogen) atoms. The van der Waals surface area contributed by atoms with Gasteiger partial charge < -0.3 is 29.7 Å². The fraction of sp³-hybridized carbons (Fsp3) is 0.833. The van der Waals surface area contributed by atoms with E-state index in [1.54, 1.807) is 6.92 Å². The van der Waals surface area contributed by atoms with Crippen molar-refractivity contribution in [1.82, 2.24) is 5.32 Å². The van der Waals surface area contributed by atoms with Crippen LogP contribution in [-0.2, 0) is 28.6 Å². The summed E-state index contributed by atoms with van der Waals surface area (Å²) in [7, 11) is 0. The molecule has 3 N–H and O–H groups in total. The first-order valence-corrected chi connectivity index (χ1v) is 9.50. The van der Waals surface area contributed by atoms with Crippen LogP contribution >= 0.6 is 0 Å². The number of rotatable bonds is 10. The molecule has 1 unspecified atom stereocenters. The molecule has 1 rings (SSSR count). The lowest BCUT2D eigenvalue weighted by atomic mass is 9.97. The number of amides is 1. The minimum Gasteiger partial charge on any atom is -0.463 e. The van der Waals surface area contributed by atoms with Gasteiger partial charge >= 0.3 is 11.9 Å². The second-order valence-electron chi connectivity index (χ2n) is 6.54. The number of aliphatic hydroxyl groups excluding tert-OH is 2. The number of ether oxygens (including phenoxy) is 3. The van der Waals surface area contributed by atoms with Crippen molar-refractivity contribution in [3.05, 3.63) is 0 Å². The quantitative estimate of drug-likeness (QED) is 0.357. The Hall–Kier alpha value is -1.71. The van der Waals surface area contributed by atoms with Gasteiger partial charge in [0.05, 0.1) is 0 Å². The molecule has 9 nitrogen and oxygen atoms in total. The van der Waals surface area contributed by atoms with Crippen LogP contribution in [0.1, 0.15) is 59.3 Å². The zero-order valence-corrected chi connectivity index (χ0v) is 16.2. The van der Waals surface area contributed by atoms with Crippen LogP contribution in [0.25, 0.3) is 0 Å². The van der Waals surface area contributed by atoms with Crippen molar-refractivity contribution in [2.45, 2.75) is 89.9 Å². The second-order valence-corrected chi connectivity index (χ2v) is 6.54. The van der Waals surface area contributed by atoms with E-state index in [2.05, 4.69) is 5.32 Å². The first-order chi connectivity index (χ1) is 12.8. The number of carbonyl (C=O) groups excluding carboxylic acids is 3. The van der Waals surface area contributed by atoms with E-state index in [0.717, 1.165) is 0 Å². The van der Waals surface area contributed by atoms with Crippen LogP contribution in [0.2, 0.25) is 0 Å². The summed E-state index contributed by atoms with van der Waals surface area (Å²) in [4.78, 5) is 35.3. The molecule has 5 atom stereocenters. The highest BCUT2D eigenvalue weighted by Crippen LogP contribution is 2.24. The van der Waals surface area contributed by atoms with E-state index in [0.29, 0.717) is 19.3 Å². The summed E-state index contributed by atoms with van der Waals surface area (Å²) in [5, 5.41) is 23.3. The summed E-state index contributed by atoms with van der Waals surface area (Å²) in [5.74, 6) is -1.37. The standard InChI is InChI=1S/C18H31NO8/c1-4-7-12(20)19-15-16(23)17(27-14(22)9-6-3)11(26-18(15)24)10-25-13(21)8-5-2/h11,15-18,23-24H,4-10H2,1-3H3,(H,19,20)/t11-,15-,16-,17-,18?/m1/s1/i21+2,22+2,25+2,27+2. The molecule has 0 aromatic carbocycles. The van der Waals surface area contributed by atoms with E-state index in [4.69, 9.17) is 14.2 Å². The molecule has 1 fully saturated rings. The third-order valence-electron chi connectivity index (χ3n) is 4.08. The average Bonchev–Trinajstić information content (AvgIpc) is 2.60. The number of hydrogen-bond acceptors (Lipinski definition) is 8. The van der Waals surface area contributed by atoms with Crippen LogP contribution < -0.4 is 5.32 Å². The largest absolute Gasteiger partial charge is 0.463 e. The maximum atomic E-state index is 11.9. The highest BCUT2D eigenvalue weighted by atomic mass is 18.4. The Kier molecular flexibility index (Phi) is 10.3. The van der Waals surface area contributed by atoms with E-state index in [1.165, 1.54) is 0 Å². The lowest BCUT2D eigenvalue weighted by Crippen LogP contribution is -2.65. The van der Waals surface area contributed by atoms with Crippen molar-refractivity contribution in [3.63, 3.8) is 0 Å². The molecule has 1 amide bonds. The Morgan fingerprint density at radius 2 is 1.63 bits per heavy atom. The molecule has 1 aliphatic heterocycles. The van der Waals surface area contributed by atoms with Crippen LogP contribution in [0.4, 0.5) is 0 Å². The molecule has 0 aromatic rings. The molecule has 0 aliphatic carbocycles. The van der Waals surface area contributed by atoms with Gasteiger partial charge in [0.2, 0.25) is 5.91 Å². The van der Waals surface area contributed by atoms with Gasteiger partial charge in [-0.25, -0.2) is 0 Å². The fourth-order valence-electron chi connectivity index (χ4n) is 2.72. The normalized spacial score (nSPS) is 27.7. The number of esters is 2. The average molecular weight is 397 g/mol. The van der Waals surface area contributed by atoms with Gasteiger partial charge in [-0.1, -0.05) is 20.8 Å². The molecule has 1 heterocycles. The molecular weight excluding hydrogens is 366 g/mol. The topological polar surface area (TPSA) is 131 Å². The van der Waals surface area contributed by atoms with Gasteiger partial charge in [-0.05, 0) is 19.3 Å². The molecule has 0 radical (unpaired) electrons. The van der Waals surface area contributed by atoms with Crippen LogP contribution in [0.3, 0.4) is 0 Å². The monoisotopic (exact) mass is 397 g/mol. The van der Waals surface area contributed by atoms with Gasteiger partial charge in [0.25, 0.3) is 0 Å². The molecule has 1 saturated heterocycles. The Morgan fingerprint density at radius 1 is 1.04 bits per heavy atom. The van der Waals surface area contributed by atoms with Crippen LogP contribution in [0, 0.1) is 0 Å². The smallest absolute Gasteiger partial charge is 0.306 e. The predicted octanol–water partition coefficient (Wildman–Crippen LogP) is 0.405. The van der Waals surface area contributed by atoms with Crippen molar-refractivity contribution in [2.75, 3.05) is 6.61 Å². The third kappa shape index (κ3) is 7.43. The maximum Gasteiger partial charge on any atom is 0.306 e. The van der Waals surface area contributed by atoms with Gasteiger partial charge in [0, 0.05) is 19.3 Å². The summed E-state index contributed by atoms with van der Waals surface area (Å²) >= 11 is 0. The highest BCUT2D eigenvalue weighted by Gasteiger charge is 2.47. The van der Waals surface area contributed by atoms with Crippen molar-refractivity contribution in [2.24, 2.45) is 0 Å². The van der Waals surface area contributed by atoms with Crippen LogP contribution in [0.15, 0.2) is 0 Å². The third-order valence-corrected chi connectivity index (χ3v) is 4.08. The zero-order valence-electron chi connectivity index (χ0n) is 16.2. The minimum atomic E-state index is -1.53. The number of aliphatic hydroxyl groups is 2. The van der Waals surface area contributed by atoms with Crippen molar-refractivity contribution in [1.29, 1.82) is 0 Å². The SMILES string of the molecule is CCCC(=O)N[C@H]1C(O)O[C@H](C[18O]C(=[18O])CCC)[C@@H]([18O]C(=[18O])CCC)[C@@H]1O. The van der Waals surface area contributed by atoms with Crippen LogP contribution in [0.5, 0.6) is 0 Å². The molecular formula is C18H31NO8. The van der Waals surface area contributed by atoms with E-state index >= 15 is 0 Å². The molecule has 0 aromatic heterocycles. The molecule has 156 valence electrons.